The maximum absolute atomic E-state index is 12.9. The number of nitrogens with zero attached hydrogens (tertiary/aromatic N) is 2. The van der Waals surface area contributed by atoms with Crippen LogP contribution in [0.5, 0.6) is 5.75 Å². The van der Waals surface area contributed by atoms with Crippen LogP contribution < -0.4 is 4.74 Å². The minimum atomic E-state index is 0. The van der Waals surface area contributed by atoms with Gasteiger partial charge in [0.05, 0.1) is 12.9 Å². The summed E-state index contributed by atoms with van der Waals surface area (Å²) < 4.78 is 7.84. The summed E-state index contributed by atoms with van der Waals surface area (Å²) >= 11 is 0. The van der Waals surface area contributed by atoms with Gasteiger partial charge in [0, 0.05) is 18.0 Å². The van der Waals surface area contributed by atoms with Crippen molar-refractivity contribution in [2.24, 2.45) is 5.92 Å². The quantitative estimate of drug-likeness (QED) is 0.677. The number of rotatable bonds is 5. The van der Waals surface area contributed by atoms with Crippen molar-refractivity contribution >= 4 is 18.2 Å². The first kappa shape index (κ1) is 19.7. The van der Waals surface area contributed by atoms with Crippen molar-refractivity contribution in [3.8, 4) is 5.75 Å². The number of fused-ring (bicyclic) bond motifs is 1. The van der Waals surface area contributed by atoms with E-state index in [2.05, 4.69) is 11.1 Å². The normalized spacial score (nSPS) is 18.8. The molecule has 1 heterocycles. The molecule has 0 saturated heterocycles. The topological polar surface area (TPSA) is 44.1 Å². The first-order valence-electron chi connectivity index (χ1n) is 9.76. The van der Waals surface area contributed by atoms with Crippen molar-refractivity contribution in [1.82, 2.24) is 9.55 Å². The number of ether oxygens (including phenoxy) is 1. The molecule has 1 aromatic heterocycles. The zero-order chi connectivity index (χ0) is 17.8. The third kappa shape index (κ3) is 4.81. The van der Waals surface area contributed by atoms with Crippen LogP contribution >= 0.6 is 12.4 Å². The Labute approximate surface area is 167 Å². The Morgan fingerprint density at radius 2 is 2.04 bits per heavy atom. The third-order valence-corrected chi connectivity index (χ3v) is 5.54. The summed E-state index contributed by atoms with van der Waals surface area (Å²) in [6.45, 7) is 1.36. The zero-order valence-corrected chi connectivity index (χ0v) is 16.4. The van der Waals surface area contributed by atoms with Crippen LogP contribution in [0, 0.1) is 5.92 Å². The molecule has 4 rings (SSSR count). The van der Waals surface area contributed by atoms with Gasteiger partial charge in [-0.2, -0.15) is 0 Å². The smallest absolute Gasteiger partial charge is 0.188 e. The van der Waals surface area contributed by atoms with Gasteiger partial charge in [0.25, 0.3) is 0 Å². The number of Topliss-reactive ketones (excluding diaryl/α,β-unsaturated/α-hetero) is 1. The lowest BCUT2D eigenvalue weighted by Crippen LogP contribution is -2.16. The summed E-state index contributed by atoms with van der Waals surface area (Å²) in [6.07, 6.45) is 16.0. The molecule has 0 atom stereocenters. The molecular weight excluding hydrogens is 360 g/mol. The first-order chi connectivity index (χ1) is 12.8. The van der Waals surface area contributed by atoms with E-state index in [9.17, 15) is 4.79 Å². The molecule has 2 aliphatic carbocycles. The van der Waals surface area contributed by atoms with Gasteiger partial charge in [-0.3, -0.25) is 4.79 Å². The van der Waals surface area contributed by atoms with E-state index in [-0.39, 0.29) is 18.2 Å². The van der Waals surface area contributed by atoms with Crippen molar-refractivity contribution in [2.75, 3.05) is 6.61 Å². The highest BCUT2D eigenvalue weighted by molar-refractivity contribution is 6.10. The number of carbonyl (C=O) groups is 1. The molecule has 4 nitrogen and oxygen atoms in total. The number of carbonyl (C=O) groups excluding carboxylic acids is 1. The molecule has 2 aromatic rings. The van der Waals surface area contributed by atoms with Gasteiger partial charge in [0.2, 0.25) is 0 Å². The van der Waals surface area contributed by atoms with Gasteiger partial charge in [-0.1, -0.05) is 25.3 Å². The molecule has 0 unspecified atom stereocenters. The fraction of sp³-hybridized carbons (Fsp3) is 0.455. The molecule has 0 amide bonds. The molecule has 0 bridgehead atoms. The van der Waals surface area contributed by atoms with Crippen LogP contribution in [-0.2, 0) is 13.0 Å². The summed E-state index contributed by atoms with van der Waals surface area (Å²) in [5.41, 5.74) is 3.01. The molecule has 0 radical (unpaired) electrons. The predicted octanol–water partition coefficient (Wildman–Crippen LogP) is 5.02. The van der Waals surface area contributed by atoms with Gasteiger partial charge in [-0.25, -0.2) is 4.98 Å². The van der Waals surface area contributed by atoms with E-state index in [1.165, 1.54) is 32.1 Å². The van der Waals surface area contributed by atoms with Gasteiger partial charge >= 0.3 is 0 Å². The largest absolute Gasteiger partial charge is 0.492 e. The minimum absolute atomic E-state index is 0. The summed E-state index contributed by atoms with van der Waals surface area (Å²) in [5.74, 6) is 1.67. The Hall–Kier alpha value is -2.07. The second-order valence-electron chi connectivity index (χ2n) is 7.39. The monoisotopic (exact) mass is 386 g/mol. The summed E-state index contributed by atoms with van der Waals surface area (Å²) in [7, 11) is 0. The number of hydrogen-bond donors (Lipinski definition) is 0. The van der Waals surface area contributed by atoms with Crippen LogP contribution in [0.3, 0.4) is 0 Å². The molecule has 0 spiro atoms. The average Bonchev–Trinajstić information content (AvgIpc) is 3.18. The van der Waals surface area contributed by atoms with Crippen LogP contribution in [0.1, 0.15) is 54.4 Å². The van der Waals surface area contributed by atoms with Gasteiger partial charge in [-0.15, -0.1) is 12.4 Å². The molecule has 2 aliphatic rings. The molecule has 5 heteroatoms. The molecule has 0 aliphatic heterocycles. The number of hydrogen-bond acceptors (Lipinski definition) is 3. The van der Waals surface area contributed by atoms with Crippen LogP contribution in [0.2, 0.25) is 0 Å². The Kier molecular flexibility index (Phi) is 6.73. The lowest BCUT2D eigenvalue weighted by atomic mass is 9.82. The zero-order valence-electron chi connectivity index (χ0n) is 15.6. The van der Waals surface area contributed by atoms with Crippen molar-refractivity contribution in [3.63, 3.8) is 0 Å². The van der Waals surface area contributed by atoms with Crippen molar-refractivity contribution < 1.29 is 9.53 Å². The fourth-order valence-corrected chi connectivity index (χ4v) is 4.08. The number of aromatic nitrogens is 2. The number of allylic oxidation sites excluding steroid dienone is 2. The Balaban J connectivity index is 0.00000210. The standard InChI is InChI=1S/C22H26N2O2.ClH/c25-22-19(14-17-4-2-1-3-5-17)7-6-18-15-20(8-9-21(18)22)26-13-12-24-11-10-23-16-24;/h8-11,14-17H,1-7,12-13H2;1H/b19-14+;. The fourth-order valence-electron chi connectivity index (χ4n) is 4.08. The predicted molar refractivity (Wildman–Crippen MR) is 109 cm³/mol. The summed E-state index contributed by atoms with van der Waals surface area (Å²) in [5, 5.41) is 0. The SMILES string of the molecule is Cl.O=C1/C(=C/C2CCCCC2)CCc2cc(OCCn3ccnc3)ccc21. The number of halogens is 1. The van der Waals surface area contributed by atoms with Gasteiger partial charge in [0.15, 0.2) is 5.78 Å². The highest BCUT2D eigenvalue weighted by atomic mass is 35.5. The van der Waals surface area contributed by atoms with E-state index in [0.29, 0.717) is 12.5 Å². The number of ketones is 1. The maximum atomic E-state index is 12.9. The van der Waals surface area contributed by atoms with Crippen LogP contribution in [0.4, 0.5) is 0 Å². The number of aryl methyl sites for hydroxylation is 1. The molecule has 144 valence electrons. The molecule has 27 heavy (non-hydrogen) atoms. The molecule has 1 aromatic carbocycles. The number of imidazole rings is 1. The first-order valence-corrected chi connectivity index (χ1v) is 9.76. The Morgan fingerprint density at radius 1 is 1.19 bits per heavy atom. The average molecular weight is 387 g/mol. The van der Waals surface area contributed by atoms with E-state index >= 15 is 0 Å². The minimum Gasteiger partial charge on any atom is -0.492 e. The van der Waals surface area contributed by atoms with E-state index in [1.54, 1.807) is 12.5 Å². The lowest BCUT2D eigenvalue weighted by molar-refractivity contribution is 0.102. The highest BCUT2D eigenvalue weighted by Crippen LogP contribution is 2.32. The maximum Gasteiger partial charge on any atom is 0.188 e. The molecule has 1 fully saturated rings. The highest BCUT2D eigenvalue weighted by Gasteiger charge is 2.23. The van der Waals surface area contributed by atoms with E-state index in [0.717, 1.165) is 41.8 Å². The van der Waals surface area contributed by atoms with E-state index in [4.69, 9.17) is 4.74 Å². The van der Waals surface area contributed by atoms with Crippen molar-refractivity contribution in [2.45, 2.75) is 51.5 Å². The van der Waals surface area contributed by atoms with Crippen molar-refractivity contribution in [3.05, 3.63) is 59.7 Å². The Morgan fingerprint density at radius 3 is 2.81 bits per heavy atom. The van der Waals surface area contributed by atoms with Crippen molar-refractivity contribution in [1.29, 1.82) is 0 Å². The van der Waals surface area contributed by atoms with E-state index < -0.39 is 0 Å². The van der Waals surface area contributed by atoms with E-state index in [1.807, 2.05) is 29.0 Å². The third-order valence-electron chi connectivity index (χ3n) is 5.54. The summed E-state index contributed by atoms with van der Waals surface area (Å²) in [6, 6.07) is 5.91. The lowest BCUT2D eigenvalue weighted by Gasteiger charge is -2.23. The second kappa shape index (κ2) is 9.23. The molecule has 1 saturated carbocycles. The van der Waals surface area contributed by atoms with Gasteiger partial charge in [-0.05, 0) is 60.9 Å². The van der Waals surface area contributed by atoms with Crippen LogP contribution in [-0.4, -0.2) is 21.9 Å². The second-order valence-corrected chi connectivity index (χ2v) is 7.39. The van der Waals surface area contributed by atoms with Gasteiger partial charge < -0.3 is 9.30 Å². The van der Waals surface area contributed by atoms with Gasteiger partial charge in [0.1, 0.15) is 12.4 Å². The van der Waals surface area contributed by atoms with Crippen LogP contribution in [0.15, 0.2) is 48.6 Å². The summed E-state index contributed by atoms with van der Waals surface area (Å²) in [4.78, 5) is 16.9. The van der Waals surface area contributed by atoms with Crippen LogP contribution in [0.25, 0.3) is 0 Å². The molecular formula is C22H27ClN2O2. The molecule has 0 N–H and O–H groups in total. The number of benzene rings is 1. The Bertz CT molecular complexity index is 793.